The minimum Gasteiger partial charge on any atom is -0.487 e. The van der Waals surface area contributed by atoms with Crippen molar-refractivity contribution in [2.24, 2.45) is 11.6 Å². The van der Waals surface area contributed by atoms with Gasteiger partial charge in [-0.25, -0.2) is 10.8 Å². The van der Waals surface area contributed by atoms with Crippen LogP contribution in [0.2, 0.25) is 0 Å². The lowest BCUT2D eigenvalue weighted by Crippen LogP contribution is -2.29. The predicted octanol–water partition coefficient (Wildman–Crippen LogP) is 0.424. The van der Waals surface area contributed by atoms with E-state index in [0.29, 0.717) is 17.0 Å². The normalized spacial score (nSPS) is 10.1. The minimum atomic E-state index is -0.522. The van der Waals surface area contributed by atoms with E-state index in [0.717, 1.165) is 0 Å². The summed E-state index contributed by atoms with van der Waals surface area (Å²) in [6.07, 6.45) is 0. The predicted molar refractivity (Wildman–Crippen MR) is 73.1 cm³/mol. The zero-order valence-corrected chi connectivity index (χ0v) is 11.1. The number of primary amides is 1. The molecule has 0 spiro atoms. The molecule has 104 valence electrons. The number of nitrogens with zero attached hydrogens (tertiary/aromatic N) is 1. The van der Waals surface area contributed by atoms with Crippen molar-refractivity contribution in [3.8, 4) is 5.75 Å². The molecule has 0 unspecified atom stereocenters. The van der Waals surface area contributed by atoms with Crippen LogP contribution in [0.15, 0.2) is 29.6 Å². The maximum atomic E-state index is 11.2. The van der Waals surface area contributed by atoms with Crippen LogP contribution in [0.1, 0.15) is 25.9 Å². The van der Waals surface area contributed by atoms with Gasteiger partial charge in [0.25, 0.3) is 5.91 Å². The van der Waals surface area contributed by atoms with E-state index in [1.165, 1.54) is 11.3 Å². The lowest BCUT2D eigenvalue weighted by Gasteiger charge is -2.05. The van der Waals surface area contributed by atoms with Gasteiger partial charge in [0, 0.05) is 10.9 Å². The first-order valence-corrected chi connectivity index (χ1v) is 6.46. The smallest absolute Gasteiger partial charge is 0.294 e. The topological polar surface area (TPSA) is 120 Å². The number of ether oxygens (including phenoxy) is 1. The first-order chi connectivity index (χ1) is 9.60. The van der Waals surface area contributed by atoms with E-state index in [4.69, 9.17) is 16.3 Å². The van der Waals surface area contributed by atoms with Crippen molar-refractivity contribution in [3.05, 3.63) is 45.9 Å². The molecule has 5 N–H and O–H groups in total. The number of hydrogen-bond donors (Lipinski definition) is 3. The maximum absolute atomic E-state index is 11.2. The first kappa shape index (κ1) is 14.0. The third-order valence-corrected chi connectivity index (χ3v) is 3.27. The molecule has 0 aliphatic carbocycles. The second kappa shape index (κ2) is 6.13. The fourth-order valence-electron chi connectivity index (χ4n) is 1.44. The molecule has 8 heteroatoms. The monoisotopic (exact) mass is 292 g/mol. The first-order valence-electron chi connectivity index (χ1n) is 5.58. The molecule has 0 atom stereocenters. The molecule has 20 heavy (non-hydrogen) atoms. The number of carbonyl (C=O) groups is 2. The van der Waals surface area contributed by atoms with Crippen LogP contribution in [0.4, 0.5) is 0 Å². The van der Waals surface area contributed by atoms with Crippen LogP contribution in [0.3, 0.4) is 0 Å². The Bertz CT molecular complexity index is 641. The van der Waals surface area contributed by atoms with Crippen molar-refractivity contribution in [2.75, 3.05) is 0 Å². The Morgan fingerprint density at radius 2 is 2.20 bits per heavy atom. The summed E-state index contributed by atoms with van der Waals surface area (Å²) in [6, 6.07) is 6.51. The van der Waals surface area contributed by atoms with Crippen LogP contribution < -0.4 is 21.7 Å². The van der Waals surface area contributed by atoms with E-state index in [2.05, 4.69) is 4.98 Å². The molecule has 0 saturated carbocycles. The summed E-state index contributed by atoms with van der Waals surface area (Å²) in [7, 11) is 0. The van der Waals surface area contributed by atoms with Gasteiger partial charge in [0.15, 0.2) is 5.01 Å². The van der Waals surface area contributed by atoms with Gasteiger partial charge in [-0.15, -0.1) is 11.3 Å². The highest BCUT2D eigenvalue weighted by Crippen LogP contribution is 2.16. The number of benzene rings is 1. The zero-order valence-electron chi connectivity index (χ0n) is 10.3. The van der Waals surface area contributed by atoms with Crippen LogP contribution in [-0.4, -0.2) is 16.8 Å². The van der Waals surface area contributed by atoms with E-state index < -0.39 is 11.8 Å². The van der Waals surface area contributed by atoms with Crippen LogP contribution in [0.25, 0.3) is 0 Å². The van der Waals surface area contributed by atoms with E-state index in [1.54, 1.807) is 29.6 Å². The second-order valence-electron chi connectivity index (χ2n) is 3.80. The number of aromatic nitrogens is 1. The molecular formula is C12H12N4O3S. The van der Waals surface area contributed by atoms with Crippen molar-refractivity contribution < 1.29 is 14.3 Å². The molecule has 0 fully saturated rings. The minimum absolute atomic E-state index is 0.177. The Hall–Kier alpha value is -2.45. The van der Waals surface area contributed by atoms with E-state index in [-0.39, 0.29) is 11.6 Å². The summed E-state index contributed by atoms with van der Waals surface area (Å²) in [5.74, 6) is 4.55. The summed E-state index contributed by atoms with van der Waals surface area (Å²) >= 11 is 1.17. The van der Waals surface area contributed by atoms with Gasteiger partial charge in [-0.1, -0.05) is 6.07 Å². The summed E-state index contributed by atoms with van der Waals surface area (Å²) < 4.78 is 5.48. The average molecular weight is 292 g/mol. The molecule has 0 saturated heterocycles. The number of thiazole rings is 1. The number of rotatable bonds is 5. The lowest BCUT2D eigenvalue weighted by molar-refractivity contribution is 0.0951. The van der Waals surface area contributed by atoms with Crippen molar-refractivity contribution in [3.63, 3.8) is 0 Å². The van der Waals surface area contributed by atoms with Crippen LogP contribution in [-0.2, 0) is 6.61 Å². The standard InChI is InChI=1S/C12H12N4O3S/c13-10(17)7-2-1-3-9(4-7)19-5-8-6-20-12(15-8)11(18)16-14/h1-4,6H,5,14H2,(H2,13,17)(H,16,18). The number of nitrogens with one attached hydrogen (secondary N) is 1. The zero-order chi connectivity index (χ0) is 14.5. The molecule has 2 amide bonds. The van der Waals surface area contributed by atoms with Crippen LogP contribution in [0.5, 0.6) is 5.75 Å². The second-order valence-corrected chi connectivity index (χ2v) is 4.66. The van der Waals surface area contributed by atoms with Crippen molar-refractivity contribution in [1.82, 2.24) is 10.4 Å². The highest BCUT2D eigenvalue weighted by molar-refractivity contribution is 7.11. The van der Waals surface area contributed by atoms with Crippen molar-refractivity contribution >= 4 is 23.2 Å². The summed E-state index contributed by atoms with van der Waals surface area (Å²) in [6.45, 7) is 0.177. The third-order valence-electron chi connectivity index (χ3n) is 2.38. The number of amides is 2. The number of nitrogens with two attached hydrogens (primary N) is 2. The fraction of sp³-hybridized carbons (Fsp3) is 0.0833. The third kappa shape index (κ3) is 3.31. The summed E-state index contributed by atoms with van der Waals surface area (Å²) in [5, 5.41) is 1.96. The lowest BCUT2D eigenvalue weighted by atomic mass is 10.2. The quantitative estimate of drug-likeness (QED) is 0.419. The van der Waals surface area contributed by atoms with E-state index in [9.17, 15) is 9.59 Å². The Kier molecular flexibility index (Phi) is 4.28. The number of hydrogen-bond acceptors (Lipinski definition) is 6. The van der Waals surface area contributed by atoms with E-state index in [1.807, 2.05) is 5.43 Å². The molecule has 0 aliphatic rings. The Labute approximate surface area is 118 Å². The van der Waals surface area contributed by atoms with Crippen LogP contribution in [0, 0.1) is 0 Å². The van der Waals surface area contributed by atoms with Crippen molar-refractivity contribution in [1.29, 1.82) is 0 Å². The van der Waals surface area contributed by atoms with Gasteiger partial charge >= 0.3 is 0 Å². The highest BCUT2D eigenvalue weighted by atomic mass is 32.1. The maximum Gasteiger partial charge on any atom is 0.294 e. The molecule has 2 rings (SSSR count). The Morgan fingerprint density at radius 3 is 2.90 bits per heavy atom. The average Bonchev–Trinajstić information content (AvgIpc) is 2.93. The molecule has 7 nitrogen and oxygen atoms in total. The van der Waals surface area contributed by atoms with Gasteiger partial charge in [0.05, 0.1) is 5.69 Å². The van der Waals surface area contributed by atoms with E-state index >= 15 is 0 Å². The molecule has 0 aliphatic heterocycles. The molecule has 1 aromatic carbocycles. The summed E-state index contributed by atoms with van der Waals surface area (Å²) in [5.41, 5.74) is 8.15. The SMILES string of the molecule is NNC(=O)c1nc(COc2cccc(C(N)=O)c2)cs1. The Balaban J connectivity index is 2.01. The number of hydrazine groups is 1. The van der Waals surface area contributed by atoms with Crippen molar-refractivity contribution in [2.45, 2.75) is 6.61 Å². The molecule has 2 aromatic rings. The molecular weight excluding hydrogens is 280 g/mol. The summed E-state index contributed by atoms with van der Waals surface area (Å²) in [4.78, 5) is 26.3. The van der Waals surface area contributed by atoms with Gasteiger partial charge < -0.3 is 10.5 Å². The molecule has 1 aromatic heterocycles. The van der Waals surface area contributed by atoms with Gasteiger partial charge in [-0.05, 0) is 18.2 Å². The van der Waals surface area contributed by atoms with Crippen LogP contribution >= 0.6 is 11.3 Å². The highest BCUT2D eigenvalue weighted by Gasteiger charge is 2.10. The van der Waals surface area contributed by atoms with Gasteiger partial charge in [0.2, 0.25) is 5.91 Å². The number of carbonyl (C=O) groups excluding carboxylic acids is 2. The van der Waals surface area contributed by atoms with Gasteiger partial charge in [-0.3, -0.25) is 15.0 Å². The fourth-order valence-corrected chi connectivity index (χ4v) is 2.14. The largest absolute Gasteiger partial charge is 0.487 e. The molecule has 1 heterocycles. The van der Waals surface area contributed by atoms with Gasteiger partial charge in [-0.2, -0.15) is 0 Å². The molecule has 0 bridgehead atoms. The Morgan fingerprint density at radius 1 is 1.40 bits per heavy atom. The number of nitrogen functional groups attached to an aromatic ring is 1. The molecule has 0 radical (unpaired) electrons. The van der Waals surface area contributed by atoms with Gasteiger partial charge in [0.1, 0.15) is 12.4 Å².